The second-order valence-electron chi connectivity index (χ2n) is 6.97. The first-order chi connectivity index (χ1) is 12.7. The third kappa shape index (κ3) is 4.64. The minimum Gasteiger partial charge on any atom is -0.497 e. The molecule has 1 atom stereocenters. The number of rotatable bonds is 6. The Morgan fingerprint density at radius 2 is 1.85 bits per heavy atom. The Bertz CT molecular complexity index is 721. The van der Waals surface area contributed by atoms with E-state index in [9.17, 15) is 4.79 Å². The molecule has 0 aromatic heterocycles. The number of methoxy groups -OCH3 is 1. The fourth-order valence-corrected chi connectivity index (χ4v) is 3.53. The lowest BCUT2D eigenvalue weighted by Crippen LogP contribution is -2.40. The predicted molar refractivity (Wildman–Crippen MR) is 105 cm³/mol. The number of ether oxygens (including phenoxy) is 1. The molecule has 3 rings (SSSR count). The average Bonchev–Trinajstić information content (AvgIpc) is 2.70. The van der Waals surface area contributed by atoms with Crippen molar-refractivity contribution in [2.75, 3.05) is 26.7 Å². The predicted octanol–water partition coefficient (Wildman–Crippen LogP) is 3.96. The molecule has 0 saturated carbocycles. The molecule has 1 fully saturated rings. The molecule has 0 spiro atoms. The van der Waals surface area contributed by atoms with Crippen LogP contribution in [0.2, 0.25) is 0 Å². The van der Waals surface area contributed by atoms with Crippen molar-refractivity contribution in [3.63, 3.8) is 0 Å². The Kier molecular flexibility index (Phi) is 6.29. The van der Waals surface area contributed by atoms with Crippen molar-refractivity contribution in [1.29, 1.82) is 0 Å². The Labute approximate surface area is 156 Å². The number of amides is 1. The smallest absolute Gasteiger partial charge is 0.251 e. The molecule has 1 heterocycles. The monoisotopic (exact) mass is 352 g/mol. The molecular weight excluding hydrogens is 324 g/mol. The summed E-state index contributed by atoms with van der Waals surface area (Å²) in [6, 6.07) is 16.2. The Morgan fingerprint density at radius 3 is 2.54 bits per heavy atom. The van der Waals surface area contributed by atoms with Crippen LogP contribution in [-0.2, 0) is 0 Å². The second kappa shape index (κ2) is 8.86. The maximum absolute atomic E-state index is 12.6. The SMILES string of the molecule is COc1cccc(C(=O)NC[C@@H](c2ccc(C)cc2)N2CCCCC2)c1. The highest BCUT2D eigenvalue weighted by atomic mass is 16.5. The van der Waals surface area contributed by atoms with Crippen molar-refractivity contribution < 1.29 is 9.53 Å². The van der Waals surface area contributed by atoms with Crippen molar-refractivity contribution in [2.45, 2.75) is 32.2 Å². The highest BCUT2D eigenvalue weighted by Gasteiger charge is 2.23. The number of aryl methyl sites for hydroxylation is 1. The molecule has 1 amide bonds. The van der Waals surface area contributed by atoms with Gasteiger partial charge < -0.3 is 10.1 Å². The van der Waals surface area contributed by atoms with Crippen LogP contribution >= 0.6 is 0 Å². The van der Waals surface area contributed by atoms with Gasteiger partial charge in [-0.3, -0.25) is 9.69 Å². The summed E-state index contributed by atoms with van der Waals surface area (Å²) in [5.74, 6) is 0.641. The molecule has 1 aliphatic heterocycles. The van der Waals surface area contributed by atoms with E-state index in [1.807, 2.05) is 18.2 Å². The molecule has 0 aliphatic carbocycles. The summed E-state index contributed by atoms with van der Waals surface area (Å²) in [6.07, 6.45) is 3.76. The number of carbonyl (C=O) groups is 1. The second-order valence-corrected chi connectivity index (χ2v) is 6.97. The third-order valence-electron chi connectivity index (χ3n) is 5.08. The molecule has 0 bridgehead atoms. The fourth-order valence-electron chi connectivity index (χ4n) is 3.53. The van der Waals surface area contributed by atoms with Crippen LogP contribution in [0.4, 0.5) is 0 Å². The number of nitrogens with zero attached hydrogens (tertiary/aromatic N) is 1. The number of hydrogen-bond acceptors (Lipinski definition) is 3. The van der Waals surface area contributed by atoms with Crippen molar-refractivity contribution in [1.82, 2.24) is 10.2 Å². The molecule has 2 aromatic carbocycles. The van der Waals surface area contributed by atoms with Gasteiger partial charge in [0.15, 0.2) is 0 Å². The standard InChI is InChI=1S/C22H28N2O2/c1-17-9-11-18(12-10-17)21(24-13-4-3-5-14-24)16-23-22(25)19-7-6-8-20(15-19)26-2/h6-12,15,21H,3-5,13-14,16H2,1-2H3,(H,23,25)/t21-/m0/s1. The first-order valence-electron chi connectivity index (χ1n) is 9.40. The molecular formula is C22H28N2O2. The summed E-state index contributed by atoms with van der Waals surface area (Å²) in [5.41, 5.74) is 3.15. The zero-order valence-electron chi connectivity index (χ0n) is 15.7. The summed E-state index contributed by atoms with van der Waals surface area (Å²) in [5, 5.41) is 3.12. The first-order valence-corrected chi connectivity index (χ1v) is 9.40. The van der Waals surface area contributed by atoms with Crippen LogP contribution in [0.3, 0.4) is 0 Å². The number of nitrogens with one attached hydrogen (secondary N) is 1. The number of likely N-dealkylation sites (tertiary alicyclic amines) is 1. The van der Waals surface area contributed by atoms with Crippen LogP contribution in [0.5, 0.6) is 5.75 Å². The van der Waals surface area contributed by atoms with Gasteiger partial charge in [0.1, 0.15) is 5.75 Å². The van der Waals surface area contributed by atoms with E-state index in [4.69, 9.17) is 4.74 Å². The van der Waals surface area contributed by atoms with Crippen LogP contribution in [0, 0.1) is 6.92 Å². The van der Waals surface area contributed by atoms with E-state index in [2.05, 4.69) is 41.4 Å². The van der Waals surface area contributed by atoms with Crippen LogP contribution in [0.1, 0.15) is 46.8 Å². The first kappa shape index (κ1) is 18.5. The zero-order chi connectivity index (χ0) is 18.4. The molecule has 1 saturated heterocycles. The van der Waals surface area contributed by atoms with E-state index in [-0.39, 0.29) is 11.9 Å². The maximum Gasteiger partial charge on any atom is 0.251 e. The normalized spacial score (nSPS) is 16.1. The highest BCUT2D eigenvalue weighted by Crippen LogP contribution is 2.24. The summed E-state index contributed by atoms with van der Waals surface area (Å²) >= 11 is 0. The number of benzene rings is 2. The number of piperidine rings is 1. The van der Waals surface area contributed by atoms with Gasteiger partial charge in [0.05, 0.1) is 13.2 Å². The maximum atomic E-state index is 12.6. The molecule has 26 heavy (non-hydrogen) atoms. The van der Waals surface area contributed by atoms with E-state index >= 15 is 0 Å². The van der Waals surface area contributed by atoms with Gasteiger partial charge in [0.2, 0.25) is 0 Å². The summed E-state index contributed by atoms with van der Waals surface area (Å²) in [7, 11) is 1.61. The van der Waals surface area contributed by atoms with Crippen LogP contribution < -0.4 is 10.1 Å². The number of hydrogen-bond donors (Lipinski definition) is 1. The molecule has 0 unspecified atom stereocenters. The van der Waals surface area contributed by atoms with E-state index in [0.717, 1.165) is 13.1 Å². The van der Waals surface area contributed by atoms with Gasteiger partial charge in [-0.25, -0.2) is 0 Å². The van der Waals surface area contributed by atoms with E-state index < -0.39 is 0 Å². The van der Waals surface area contributed by atoms with Crippen molar-refractivity contribution in [3.8, 4) is 5.75 Å². The van der Waals surface area contributed by atoms with E-state index in [0.29, 0.717) is 17.9 Å². The van der Waals surface area contributed by atoms with Crippen LogP contribution in [-0.4, -0.2) is 37.6 Å². The number of carbonyl (C=O) groups excluding carboxylic acids is 1. The molecule has 138 valence electrons. The molecule has 4 heteroatoms. The lowest BCUT2D eigenvalue weighted by molar-refractivity contribution is 0.0924. The Balaban J connectivity index is 1.72. The van der Waals surface area contributed by atoms with Gasteiger partial charge in [-0.1, -0.05) is 42.3 Å². The molecule has 4 nitrogen and oxygen atoms in total. The van der Waals surface area contributed by atoms with E-state index in [1.54, 1.807) is 13.2 Å². The van der Waals surface area contributed by atoms with Crippen LogP contribution in [0.15, 0.2) is 48.5 Å². The average molecular weight is 352 g/mol. The molecule has 0 radical (unpaired) electrons. The van der Waals surface area contributed by atoms with Gasteiger partial charge in [0, 0.05) is 12.1 Å². The van der Waals surface area contributed by atoms with Crippen LogP contribution in [0.25, 0.3) is 0 Å². The van der Waals surface area contributed by atoms with E-state index in [1.165, 1.54) is 30.4 Å². The van der Waals surface area contributed by atoms with Crippen molar-refractivity contribution in [2.24, 2.45) is 0 Å². The molecule has 1 aliphatic rings. The quantitative estimate of drug-likeness (QED) is 0.855. The van der Waals surface area contributed by atoms with Crippen molar-refractivity contribution >= 4 is 5.91 Å². The topological polar surface area (TPSA) is 41.6 Å². The summed E-state index contributed by atoms with van der Waals surface area (Å²) in [6.45, 7) is 4.89. The lowest BCUT2D eigenvalue weighted by atomic mass is 10.0. The molecule has 1 N–H and O–H groups in total. The lowest BCUT2D eigenvalue weighted by Gasteiger charge is -2.35. The molecule has 2 aromatic rings. The zero-order valence-corrected chi connectivity index (χ0v) is 15.7. The third-order valence-corrected chi connectivity index (χ3v) is 5.08. The van der Waals surface area contributed by atoms with Gasteiger partial charge in [0.25, 0.3) is 5.91 Å². The van der Waals surface area contributed by atoms with Gasteiger partial charge in [-0.05, 0) is 56.6 Å². The van der Waals surface area contributed by atoms with Gasteiger partial charge in [-0.15, -0.1) is 0 Å². The largest absolute Gasteiger partial charge is 0.497 e. The van der Waals surface area contributed by atoms with Gasteiger partial charge in [-0.2, -0.15) is 0 Å². The minimum atomic E-state index is -0.0574. The Morgan fingerprint density at radius 1 is 1.12 bits per heavy atom. The Hall–Kier alpha value is -2.33. The fraction of sp³-hybridized carbons (Fsp3) is 0.409. The summed E-state index contributed by atoms with van der Waals surface area (Å²) < 4.78 is 5.22. The minimum absolute atomic E-state index is 0.0574. The summed E-state index contributed by atoms with van der Waals surface area (Å²) in [4.78, 5) is 15.1. The highest BCUT2D eigenvalue weighted by molar-refractivity contribution is 5.94. The van der Waals surface area contributed by atoms with Gasteiger partial charge >= 0.3 is 0 Å². The van der Waals surface area contributed by atoms with Crippen molar-refractivity contribution in [3.05, 3.63) is 65.2 Å².